The lowest BCUT2D eigenvalue weighted by molar-refractivity contribution is -0.0355. The summed E-state index contributed by atoms with van der Waals surface area (Å²) < 4.78 is 32.5. The van der Waals surface area contributed by atoms with Crippen LogP contribution in [0.5, 0.6) is 0 Å². The van der Waals surface area contributed by atoms with Crippen molar-refractivity contribution in [2.45, 2.75) is 50.1 Å². The van der Waals surface area contributed by atoms with E-state index in [2.05, 4.69) is 47.0 Å². The van der Waals surface area contributed by atoms with Crippen LogP contribution in [0.1, 0.15) is 13.8 Å². The number of hydrogen-bond acceptors (Lipinski definition) is 16. The van der Waals surface area contributed by atoms with E-state index >= 15 is 0 Å². The highest BCUT2D eigenvalue weighted by Gasteiger charge is 2.38. The van der Waals surface area contributed by atoms with E-state index in [-0.39, 0.29) is 40.0 Å². The summed E-state index contributed by atoms with van der Waals surface area (Å²) in [5, 5.41) is 3.79. The lowest BCUT2D eigenvalue weighted by atomic mass is 10.1. The molecule has 8 heterocycles. The highest BCUT2D eigenvalue weighted by molar-refractivity contribution is 6.31. The number of halogens is 3. The minimum atomic E-state index is 0.115. The second kappa shape index (κ2) is 16.5. The van der Waals surface area contributed by atoms with Crippen LogP contribution < -0.4 is 20.0 Å². The van der Waals surface area contributed by atoms with Crippen LogP contribution in [-0.4, -0.2) is 152 Å². The largest absolute Gasteiger partial charge is 0.377 e. The van der Waals surface area contributed by atoms with Gasteiger partial charge in [-0.1, -0.05) is 0 Å². The summed E-state index contributed by atoms with van der Waals surface area (Å²) >= 11 is 17.6. The number of nitrogens with one attached hydrogen (secondary N) is 1. The van der Waals surface area contributed by atoms with Gasteiger partial charge in [-0.25, -0.2) is 0 Å². The van der Waals surface area contributed by atoms with Crippen molar-refractivity contribution in [1.82, 2.24) is 35.2 Å². The minimum Gasteiger partial charge on any atom is -0.377 e. The Morgan fingerprint density at radius 1 is 0.596 bits per heavy atom. The van der Waals surface area contributed by atoms with Crippen molar-refractivity contribution in [2.24, 2.45) is 0 Å². The summed E-state index contributed by atoms with van der Waals surface area (Å²) in [5.74, 6) is 1.73. The predicted octanol–water partition coefficient (Wildman–Crippen LogP) is 1.29. The number of fused-ring (bicyclic) bond motifs is 4. The van der Waals surface area contributed by atoms with Gasteiger partial charge in [0.15, 0.2) is 0 Å². The molecule has 6 fully saturated rings. The van der Waals surface area contributed by atoms with E-state index in [1.54, 1.807) is 0 Å². The molecule has 19 heteroatoms. The van der Waals surface area contributed by atoms with Gasteiger partial charge in [-0.3, -0.25) is 5.32 Å². The van der Waals surface area contributed by atoms with Gasteiger partial charge in [0, 0.05) is 13.1 Å². The van der Waals surface area contributed by atoms with Crippen LogP contribution in [0.2, 0.25) is 15.9 Å². The van der Waals surface area contributed by atoms with Crippen molar-refractivity contribution in [1.29, 1.82) is 0 Å². The fourth-order valence-corrected chi connectivity index (χ4v) is 6.49. The van der Waals surface area contributed by atoms with E-state index < -0.39 is 0 Å². The molecule has 2 unspecified atom stereocenters. The molecular formula is C28H40Cl3N10O6+. The van der Waals surface area contributed by atoms with Crippen molar-refractivity contribution in [2.75, 3.05) is 100 Å². The van der Waals surface area contributed by atoms with Crippen LogP contribution in [0.15, 0.2) is 0 Å². The Bertz CT molecular complexity index is 1260. The predicted molar refractivity (Wildman–Crippen MR) is 173 cm³/mol. The van der Waals surface area contributed by atoms with Crippen molar-refractivity contribution >= 4 is 52.6 Å². The molecule has 0 amide bonds. The van der Waals surface area contributed by atoms with Crippen molar-refractivity contribution < 1.29 is 28.4 Å². The Morgan fingerprint density at radius 2 is 1.11 bits per heavy atom. The standard InChI is InChI=1S/C14H20ClN5O3.C8H10Cl2N4O.C6H10NO2/c1-9-4-21-3-2-19(9)13-16-12(15)17-14(18-13)20-10-5-22-7-11(20)8-23-6-10;1-5-4-15-3-2-14(5)8-12-6(9)11-7(10)13-8;1-5-2-9-4-6(7-5)3-8-1/h9-11H,2-8H2,1H3;5H,2-4H2,1H3;1,5-7H,2-4H2/q;;+1/t9-,10?,11?;5-;/m11./s1. The Kier molecular flexibility index (Phi) is 12.2. The molecule has 1 N–H and O–H groups in total. The Hall–Kier alpha value is -2.12. The molecule has 47 heavy (non-hydrogen) atoms. The average Bonchev–Trinajstić information content (AvgIpc) is 3.05. The summed E-state index contributed by atoms with van der Waals surface area (Å²) in [7, 11) is 0. The van der Waals surface area contributed by atoms with Crippen LogP contribution in [0.4, 0.5) is 17.8 Å². The molecule has 4 atom stereocenters. The summed E-state index contributed by atoms with van der Waals surface area (Å²) in [4.78, 5) is 31.4. The van der Waals surface area contributed by atoms with Crippen molar-refractivity contribution in [3.05, 3.63) is 22.5 Å². The van der Waals surface area contributed by atoms with Gasteiger partial charge in [0.2, 0.25) is 46.3 Å². The van der Waals surface area contributed by atoms with Gasteiger partial charge < -0.3 is 38.4 Å². The first-order valence-electron chi connectivity index (χ1n) is 15.7. The first-order valence-corrected chi connectivity index (χ1v) is 16.9. The molecule has 16 nitrogen and oxygen atoms in total. The third-order valence-corrected chi connectivity index (χ3v) is 8.79. The Labute approximate surface area is 288 Å². The molecule has 2 aromatic heterocycles. The van der Waals surface area contributed by atoms with Crippen LogP contribution in [0.25, 0.3) is 0 Å². The second-order valence-electron chi connectivity index (χ2n) is 11.9. The summed E-state index contributed by atoms with van der Waals surface area (Å²) in [6, 6.07) is 1.42. The van der Waals surface area contributed by atoms with Crippen LogP contribution in [0.3, 0.4) is 0 Å². The Balaban J connectivity index is 0.000000137. The maximum atomic E-state index is 6.18. The van der Waals surface area contributed by atoms with Crippen LogP contribution in [0, 0.1) is 6.61 Å². The zero-order valence-corrected chi connectivity index (χ0v) is 28.6. The number of hydrogen-bond donors (Lipinski definition) is 1. The van der Waals surface area contributed by atoms with Crippen LogP contribution >= 0.6 is 34.8 Å². The number of aromatic nitrogens is 6. The molecule has 258 valence electrons. The van der Waals surface area contributed by atoms with E-state index in [0.29, 0.717) is 82.8 Å². The van der Waals surface area contributed by atoms with Gasteiger partial charge in [-0.05, 0) is 48.7 Å². The number of rotatable bonds is 3. The van der Waals surface area contributed by atoms with E-state index in [1.165, 1.54) is 0 Å². The summed E-state index contributed by atoms with van der Waals surface area (Å²) in [6.45, 7) is 14.8. The van der Waals surface area contributed by atoms with Gasteiger partial charge >= 0.3 is 0 Å². The van der Waals surface area contributed by atoms with Crippen molar-refractivity contribution in [3.8, 4) is 0 Å². The maximum absolute atomic E-state index is 6.18. The third kappa shape index (κ3) is 9.12. The zero-order chi connectivity index (χ0) is 32.8. The molecule has 4 bridgehead atoms. The highest BCUT2D eigenvalue weighted by atomic mass is 35.5. The first kappa shape index (κ1) is 34.7. The first-order chi connectivity index (χ1) is 22.8. The average molecular weight is 719 g/mol. The third-order valence-electron chi connectivity index (χ3n) is 8.29. The molecule has 0 radical (unpaired) electrons. The molecule has 6 aliphatic rings. The zero-order valence-electron chi connectivity index (χ0n) is 26.3. The molecule has 2 aromatic rings. The topological polar surface area (TPSA) is 154 Å². The second-order valence-corrected chi connectivity index (χ2v) is 12.9. The number of ether oxygens (including phenoxy) is 6. The van der Waals surface area contributed by atoms with E-state index in [1.807, 2.05) is 18.4 Å². The lowest BCUT2D eigenvalue weighted by Crippen LogP contribution is -2.60. The quantitative estimate of drug-likeness (QED) is 0.453. The molecule has 8 rings (SSSR count). The SMILES string of the molecule is C[C@@H]1COCCN1c1nc(Cl)nc(Cl)n1.C[C@@H]1COCCN1c1nc(Cl)nc(N2C3COCC2COC3)n1.[CH+]1OCC2COCC1N2. The molecule has 0 aliphatic carbocycles. The summed E-state index contributed by atoms with van der Waals surface area (Å²) in [5.41, 5.74) is 0. The fraction of sp³-hybridized carbons (Fsp3) is 0.750. The lowest BCUT2D eigenvalue weighted by Gasteiger charge is -2.45. The fourth-order valence-electron chi connectivity index (χ4n) is 5.99. The molecule has 6 aliphatic heterocycles. The van der Waals surface area contributed by atoms with Gasteiger partial charge in [-0.15, -0.1) is 0 Å². The maximum Gasteiger partial charge on any atom is 0.248 e. The Morgan fingerprint density at radius 3 is 1.64 bits per heavy atom. The van der Waals surface area contributed by atoms with Crippen molar-refractivity contribution in [3.63, 3.8) is 0 Å². The number of nitrogens with zero attached hydrogens (tertiary/aromatic N) is 9. The summed E-state index contributed by atoms with van der Waals surface area (Å²) in [6.07, 6.45) is 0. The minimum absolute atomic E-state index is 0.115. The molecule has 6 saturated heterocycles. The smallest absolute Gasteiger partial charge is 0.248 e. The van der Waals surface area contributed by atoms with Gasteiger partial charge in [0.25, 0.3) is 0 Å². The van der Waals surface area contributed by atoms with E-state index in [9.17, 15) is 0 Å². The van der Waals surface area contributed by atoms with Gasteiger partial charge in [0.05, 0.1) is 89.7 Å². The molecule has 0 saturated carbocycles. The molecule has 0 aromatic carbocycles. The van der Waals surface area contributed by atoms with E-state index in [0.717, 1.165) is 32.9 Å². The van der Waals surface area contributed by atoms with Gasteiger partial charge in [-0.2, -0.15) is 34.6 Å². The normalized spacial score (nSPS) is 30.3. The van der Waals surface area contributed by atoms with Gasteiger partial charge in [0.1, 0.15) is 13.2 Å². The molecular weight excluding hydrogens is 679 g/mol. The monoisotopic (exact) mass is 717 g/mol. The highest BCUT2D eigenvalue weighted by Crippen LogP contribution is 2.27. The van der Waals surface area contributed by atoms with Crippen LogP contribution in [-0.2, 0) is 28.4 Å². The number of morpholine rings is 6. The molecule has 0 spiro atoms. The number of anilines is 3. The van der Waals surface area contributed by atoms with E-state index in [4.69, 9.17) is 68.2 Å².